The van der Waals surface area contributed by atoms with Crippen LogP contribution < -0.4 is 14.4 Å². The molecular weight excluding hydrogens is 526 g/mol. The second-order valence-electron chi connectivity index (χ2n) is 10.2. The van der Waals surface area contributed by atoms with Crippen molar-refractivity contribution in [3.05, 3.63) is 90.0 Å². The van der Waals surface area contributed by atoms with Crippen molar-refractivity contribution < 1.29 is 22.7 Å². The molecule has 9 heteroatoms. The number of nitrogens with zero attached hydrogens (tertiary/aromatic N) is 2. The second-order valence-corrected chi connectivity index (χ2v) is 12.0. The minimum absolute atomic E-state index is 0.0491. The highest BCUT2D eigenvalue weighted by atomic mass is 32.2. The molecule has 0 radical (unpaired) electrons. The monoisotopic (exact) mass is 563 g/mol. The molecule has 1 atom stereocenters. The van der Waals surface area contributed by atoms with Gasteiger partial charge in [-0.1, -0.05) is 67.4 Å². The SMILES string of the molecule is COc1ccc(C)cc1N(CC(=O)N(Cc1ccccc1)C(C)C(=O)NC1CCCC1)S(=O)(=O)c1ccccc1. The van der Waals surface area contributed by atoms with Gasteiger partial charge in [0.15, 0.2) is 0 Å². The Morgan fingerprint density at radius 2 is 1.60 bits per heavy atom. The molecule has 1 aliphatic carbocycles. The standard InChI is InChI=1S/C31H37N3O5S/c1-23-18-19-29(39-3)28(20-23)34(40(37,38)27-16-8-5-9-17-27)22-30(35)33(21-25-12-6-4-7-13-25)24(2)31(36)32-26-14-10-11-15-26/h4-9,12-13,16-20,24,26H,10-11,14-15,21-22H2,1-3H3,(H,32,36). The van der Waals surface area contributed by atoms with Crippen LogP contribution in [0.15, 0.2) is 83.8 Å². The van der Waals surface area contributed by atoms with Crippen molar-refractivity contribution in [1.29, 1.82) is 0 Å². The predicted octanol–water partition coefficient (Wildman–Crippen LogP) is 4.68. The van der Waals surface area contributed by atoms with E-state index >= 15 is 0 Å². The van der Waals surface area contributed by atoms with Crippen LogP contribution in [0.25, 0.3) is 0 Å². The van der Waals surface area contributed by atoms with Gasteiger partial charge in [0.1, 0.15) is 18.3 Å². The molecule has 4 rings (SSSR count). The van der Waals surface area contributed by atoms with E-state index in [2.05, 4.69) is 5.32 Å². The molecule has 0 saturated heterocycles. The van der Waals surface area contributed by atoms with Crippen LogP contribution in [-0.2, 0) is 26.2 Å². The number of amides is 2. The molecule has 212 valence electrons. The highest BCUT2D eigenvalue weighted by Gasteiger charge is 2.34. The normalized spacial score (nSPS) is 14.4. The third-order valence-corrected chi connectivity index (χ3v) is 9.05. The summed E-state index contributed by atoms with van der Waals surface area (Å²) in [7, 11) is -2.71. The van der Waals surface area contributed by atoms with Gasteiger partial charge in [-0.15, -0.1) is 0 Å². The summed E-state index contributed by atoms with van der Waals surface area (Å²) in [6.45, 7) is 3.18. The number of nitrogens with one attached hydrogen (secondary N) is 1. The molecule has 0 spiro atoms. The Labute approximate surface area is 237 Å². The molecule has 0 bridgehead atoms. The number of benzene rings is 3. The highest BCUT2D eigenvalue weighted by Crippen LogP contribution is 2.33. The van der Waals surface area contributed by atoms with E-state index in [9.17, 15) is 18.0 Å². The summed E-state index contributed by atoms with van der Waals surface area (Å²) in [6, 6.07) is 21.8. The summed E-state index contributed by atoms with van der Waals surface area (Å²) in [5.41, 5.74) is 1.89. The molecule has 1 saturated carbocycles. The highest BCUT2D eigenvalue weighted by molar-refractivity contribution is 7.92. The zero-order chi connectivity index (χ0) is 28.7. The van der Waals surface area contributed by atoms with Gasteiger partial charge in [-0.2, -0.15) is 0 Å². The first-order chi connectivity index (χ1) is 19.2. The zero-order valence-corrected chi connectivity index (χ0v) is 24.1. The topological polar surface area (TPSA) is 96.0 Å². The van der Waals surface area contributed by atoms with E-state index in [1.54, 1.807) is 37.3 Å². The number of ether oxygens (including phenoxy) is 1. The van der Waals surface area contributed by atoms with Crippen LogP contribution >= 0.6 is 0 Å². The van der Waals surface area contributed by atoms with Crippen molar-refractivity contribution in [1.82, 2.24) is 10.2 Å². The Morgan fingerprint density at radius 3 is 2.23 bits per heavy atom. The first-order valence-corrected chi connectivity index (χ1v) is 15.0. The van der Waals surface area contributed by atoms with Gasteiger partial charge in [0.2, 0.25) is 11.8 Å². The summed E-state index contributed by atoms with van der Waals surface area (Å²) in [4.78, 5) is 28.9. The van der Waals surface area contributed by atoms with Crippen LogP contribution in [0.3, 0.4) is 0 Å². The van der Waals surface area contributed by atoms with E-state index in [1.807, 2.05) is 43.3 Å². The minimum atomic E-state index is -4.16. The lowest BCUT2D eigenvalue weighted by Gasteiger charge is -2.33. The minimum Gasteiger partial charge on any atom is -0.495 e. The maximum absolute atomic E-state index is 14.1. The Hall–Kier alpha value is -3.85. The number of aryl methyl sites for hydroxylation is 1. The molecule has 1 N–H and O–H groups in total. The third-order valence-electron chi connectivity index (χ3n) is 7.28. The molecule has 40 heavy (non-hydrogen) atoms. The van der Waals surface area contributed by atoms with E-state index in [-0.39, 0.29) is 29.1 Å². The van der Waals surface area contributed by atoms with Gasteiger partial charge >= 0.3 is 0 Å². The Bertz CT molecular complexity index is 1410. The fourth-order valence-corrected chi connectivity index (χ4v) is 6.42. The van der Waals surface area contributed by atoms with E-state index in [0.29, 0.717) is 5.75 Å². The van der Waals surface area contributed by atoms with Crippen molar-refractivity contribution in [2.45, 2.75) is 63.1 Å². The molecule has 0 aliphatic heterocycles. The van der Waals surface area contributed by atoms with Crippen molar-refractivity contribution in [2.24, 2.45) is 0 Å². The average molecular weight is 564 g/mol. The number of sulfonamides is 1. The van der Waals surface area contributed by atoms with Crippen LogP contribution in [0.5, 0.6) is 5.75 Å². The van der Waals surface area contributed by atoms with Crippen LogP contribution in [0.2, 0.25) is 0 Å². The summed E-state index contributed by atoms with van der Waals surface area (Å²) < 4.78 is 34.6. The molecule has 1 unspecified atom stereocenters. The fourth-order valence-electron chi connectivity index (χ4n) is 4.98. The van der Waals surface area contributed by atoms with Gasteiger partial charge in [0.05, 0.1) is 17.7 Å². The smallest absolute Gasteiger partial charge is 0.264 e. The molecule has 3 aromatic carbocycles. The lowest BCUT2D eigenvalue weighted by Crippen LogP contribution is -2.52. The van der Waals surface area contributed by atoms with Crippen LogP contribution in [-0.4, -0.2) is 50.9 Å². The number of rotatable bonds is 11. The van der Waals surface area contributed by atoms with Gasteiger partial charge in [-0.3, -0.25) is 13.9 Å². The Morgan fingerprint density at radius 1 is 0.975 bits per heavy atom. The van der Waals surface area contributed by atoms with Gasteiger partial charge in [0, 0.05) is 12.6 Å². The number of carbonyl (C=O) groups excluding carboxylic acids is 2. The van der Waals surface area contributed by atoms with Crippen LogP contribution in [0.4, 0.5) is 5.69 Å². The van der Waals surface area contributed by atoms with E-state index in [1.165, 1.54) is 24.1 Å². The molecule has 0 heterocycles. The summed E-state index contributed by atoms with van der Waals surface area (Å²) in [5, 5.41) is 3.08. The van der Waals surface area contributed by atoms with E-state index in [4.69, 9.17) is 4.74 Å². The molecule has 1 fully saturated rings. The number of hydrogen-bond donors (Lipinski definition) is 1. The third kappa shape index (κ3) is 6.83. The first kappa shape index (κ1) is 29.1. The largest absolute Gasteiger partial charge is 0.495 e. The van der Waals surface area contributed by atoms with Crippen molar-refractivity contribution in [2.75, 3.05) is 18.0 Å². The molecule has 3 aromatic rings. The molecule has 1 aliphatic rings. The average Bonchev–Trinajstić information content (AvgIpc) is 3.48. The second kappa shape index (κ2) is 13.0. The van der Waals surface area contributed by atoms with Crippen LogP contribution in [0, 0.1) is 6.92 Å². The van der Waals surface area contributed by atoms with E-state index in [0.717, 1.165) is 41.1 Å². The number of anilines is 1. The number of methoxy groups -OCH3 is 1. The Balaban J connectivity index is 1.72. The van der Waals surface area contributed by atoms with Gasteiger partial charge < -0.3 is 15.0 Å². The zero-order valence-electron chi connectivity index (χ0n) is 23.2. The molecule has 8 nitrogen and oxygen atoms in total. The fraction of sp³-hybridized carbons (Fsp3) is 0.355. The summed E-state index contributed by atoms with van der Waals surface area (Å²) in [6.07, 6.45) is 3.97. The van der Waals surface area contributed by atoms with E-state index < -0.39 is 28.5 Å². The quantitative estimate of drug-likeness (QED) is 0.366. The number of carbonyl (C=O) groups is 2. The maximum Gasteiger partial charge on any atom is 0.264 e. The van der Waals surface area contributed by atoms with Crippen molar-refractivity contribution >= 4 is 27.5 Å². The summed E-state index contributed by atoms with van der Waals surface area (Å²) >= 11 is 0. The van der Waals surface area contributed by atoms with Crippen molar-refractivity contribution in [3.8, 4) is 5.75 Å². The number of hydrogen-bond acceptors (Lipinski definition) is 5. The molecule has 2 amide bonds. The predicted molar refractivity (Wildman–Crippen MR) is 156 cm³/mol. The first-order valence-electron chi connectivity index (χ1n) is 13.6. The van der Waals surface area contributed by atoms with Crippen LogP contribution in [0.1, 0.15) is 43.7 Å². The Kier molecular flexibility index (Phi) is 9.47. The van der Waals surface area contributed by atoms with Crippen molar-refractivity contribution in [3.63, 3.8) is 0 Å². The maximum atomic E-state index is 14.1. The lowest BCUT2D eigenvalue weighted by atomic mass is 10.1. The molecular formula is C31H37N3O5S. The van der Waals surface area contributed by atoms with Gasteiger partial charge in [-0.25, -0.2) is 8.42 Å². The van der Waals surface area contributed by atoms with Gasteiger partial charge in [-0.05, 0) is 62.1 Å². The summed E-state index contributed by atoms with van der Waals surface area (Å²) in [5.74, 6) is -0.428. The molecule has 0 aromatic heterocycles. The lowest BCUT2D eigenvalue weighted by molar-refractivity contribution is -0.139. The van der Waals surface area contributed by atoms with Gasteiger partial charge in [0.25, 0.3) is 10.0 Å².